The summed E-state index contributed by atoms with van der Waals surface area (Å²) in [7, 11) is -4.20. The number of aldehydes is 1. The summed E-state index contributed by atoms with van der Waals surface area (Å²) in [5.41, 5.74) is -0.274. The van der Waals surface area contributed by atoms with Crippen LogP contribution in [0.2, 0.25) is 0 Å². The molecule has 0 saturated heterocycles. The van der Waals surface area contributed by atoms with Crippen molar-refractivity contribution in [1.82, 2.24) is 0 Å². The molecule has 2 aromatic carbocycles. The summed E-state index contributed by atoms with van der Waals surface area (Å²) in [6.45, 7) is 0. The SMILES string of the molecule is O=Cc1cccc(F)c1S(=O)(=O)c1ccc(F)cc1. The zero-order chi connectivity index (χ0) is 14.0. The van der Waals surface area contributed by atoms with Crippen LogP contribution in [0.3, 0.4) is 0 Å². The second-order valence-corrected chi connectivity index (χ2v) is 5.62. The van der Waals surface area contributed by atoms with E-state index in [2.05, 4.69) is 0 Å². The van der Waals surface area contributed by atoms with Crippen LogP contribution in [0.25, 0.3) is 0 Å². The van der Waals surface area contributed by atoms with Crippen LogP contribution in [0.1, 0.15) is 10.4 Å². The Bertz CT molecular complexity index is 722. The molecule has 0 unspecified atom stereocenters. The van der Waals surface area contributed by atoms with Crippen molar-refractivity contribution < 1.29 is 22.0 Å². The summed E-state index contributed by atoms with van der Waals surface area (Å²) >= 11 is 0. The lowest BCUT2D eigenvalue weighted by molar-refractivity contribution is 0.111. The second-order valence-electron chi connectivity index (χ2n) is 3.73. The summed E-state index contributed by atoms with van der Waals surface area (Å²) < 4.78 is 50.9. The van der Waals surface area contributed by atoms with Gasteiger partial charge in [-0.25, -0.2) is 17.2 Å². The van der Waals surface area contributed by atoms with Gasteiger partial charge in [0.2, 0.25) is 9.84 Å². The van der Waals surface area contributed by atoms with Gasteiger partial charge in [0.15, 0.2) is 6.29 Å². The highest BCUT2D eigenvalue weighted by Gasteiger charge is 2.25. The van der Waals surface area contributed by atoms with Gasteiger partial charge in [-0.3, -0.25) is 4.79 Å². The molecule has 2 aromatic rings. The van der Waals surface area contributed by atoms with Gasteiger partial charge in [0.1, 0.15) is 16.5 Å². The van der Waals surface area contributed by atoms with Crippen LogP contribution in [-0.4, -0.2) is 14.7 Å². The topological polar surface area (TPSA) is 51.2 Å². The first-order valence-electron chi connectivity index (χ1n) is 5.21. The molecule has 0 radical (unpaired) electrons. The molecule has 6 heteroatoms. The minimum absolute atomic E-state index is 0.263. The third-order valence-corrected chi connectivity index (χ3v) is 4.38. The number of sulfone groups is 1. The highest BCUT2D eigenvalue weighted by molar-refractivity contribution is 7.91. The van der Waals surface area contributed by atoms with E-state index in [0.29, 0.717) is 0 Å². The van der Waals surface area contributed by atoms with Crippen LogP contribution >= 0.6 is 0 Å². The smallest absolute Gasteiger partial charge is 0.210 e. The Labute approximate surface area is 108 Å². The van der Waals surface area contributed by atoms with Crippen molar-refractivity contribution in [3.05, 3.63) is 59.7 Å². The van der Waals surface area contributed by atoms with Crippen molar-refractivity contribution in [3.63, 3.8) is 0 Å². The Balaban J connectivity index is 2.70. The van der Waals surface area contributed by atoms with Gasteiger partial charge in [-0.1, -0.05) is 12.1 Å². The lowest BCUT2D eigenvalue weighted by Gasteiger charge is -2.08. The van der Waals surface area contributed by atoms with Gasteiger partial charge >= 0.3 is 0 Å². The second kappa shape index (κ2) is 4.89. The van der Waals surface area contributed by atoms with Crippen molar-refractivity contribution in [2.45, 2.75) is 9.79 Å². The molecule has 0 spiro atoms. The van der Waals surface area contributed by atoms with Crippen LogP contribution in [0, 0.1) is 11.6 Å². The van der Waals surface area contributed by atoms with E-state index in [1.54, 1.807) is 0 Å². The first-order chi connectivity index (χ1) is 8.96. The van der Waals surface area contributed by atoms with E-state index < -0.39 is 26.4 Å². The Hall–Kier alpha value is -2.08. The quantitative estimate of drug-likeness (QED) is 0.642. The van der Waals surface area contributed by atoms with Crippen LogP contribution in [-0.2, 0) is 9.84 Å². The summed E-state index contributed by atoms with van der Waals surface area (Å²) in [4.78, 5) is 9.85. The Morgan fingerprint density at radius 3 is 2.16 bits per heavy atom. The van der Waals surface area contributed by atoms with E-state index in [1.807, 2.05) is 0 Å². The van der Waals surface area contributed by atoms with E-state index in [0.717, 1.165) is 30.3 Å². The number of carbonyl (C=O) groups is 1. The molecule has 0 bridgehead atoms. The largest absolute Gasteiger partial charge is 0.298 e. The molecule has 3 nitrogen and oxygen atoms in total. The Kier molecular flexibility index (Phi) is 3.44. The average molecular weight is 282 g/mol. The van der Waals surface area contributed by atoms with Crippen LogP contribution in [0.15, 0.2) is 52.3 Å². The van der Waals surface area contributed by atoms with Crippen LogP contribution in [0.5, 0.6) is 0 Å². The third-order valence-electron chi connectivity index (χ3n) is 2.52. The predicted molar refractivity (Wildman–Crippen MR) is 63.6 cm³/mol. The number of rotatable bonds is 3. The fourth-order valence-electron chi connectivity index (χ4n) is 1.63. The monoisotopic (exact) mass is 282 g/mol. The van der Waals surface area contributed by atoms with E-state index in [9.17, 15) is 22.0 Å². The highest BCUT2D eigenvalue weighted by Crippen LogP contribution is 2.26. The Morgan fingerprint density at radius 1 is 0.947 bits per heavy atom. The molecule has 0 fully saturated rings. The molecule has 0 aromatic heterocycles. The molecule has 0 aliphatic carbocycles. The lowest BCUT2D eigenvalue weighted by Crippen LogP contribution is -2.08. The van der Waals surface area contributed by atoms with E-state index in [-0.39, 0.29) is 16.7 Å². The summed E-state index contributed by atoms with van der Waals surface area (Å²) in [6.07, 6.45) is 0.263. The highest BCUT2D eigenvalue weighted by atomic mass is 32.2. The third kappa shape index (κ3) is 2.39. The van der Waals surface area contributed by atoms with E-state index in [4.69, 9.17) is 0 Å². The van der Waals surface area contributed by atoms with Gasteiger partial charge < -0.3 is 0 Å². The van der Waals surface area contributed by atoms with Gasteiger partial charge in [0, 0.05) is 5.56 Å². The number of benzene rings is 2. The van der Waals surface area contributed by atoms with Gasteiger partial charge in [0.25, 0.3) is 0 Å². The first-order valence-corrected chi connectivity index (χ1v) is 6.69. The van der Waals surface area contributed by atoms with Crippen molar-refractivity contribution >= 4 is 16.1 Å². The maximum atomic E-state index is 13.7. The fourth-order valence-corrected chi connectivity index (χ4v) is 3.11. The minimum Gasteiger partial charge on any atom is -0.298 e. The number of hydrogen-bond acceptors (Lipinski definition) is 3. The maximum absolute atomic E-state index is 13.7. The van der Waals surface area contributed by atoms with Gasteiger partial charge in [-0.05, 0) is 30.3 Å². The molecule has 0 saturated carbocycles. The lowest BCUT2D eigenvalue weighted by atomic mass is 10.2. The summed E-state index contributed by atoms with van der Waals surface area (Å²) in [5, 5.41) is 0. The molecule has 19 heavy (non-hydrogen) atoms. The van der Waals surface area contributed by atoms with Crippen LogP contribution < -0.4 is 0 Å². The van der Waals surface area contributed by atoms with Gasteiger partial charge in [0.05, 0.1) is 4.90 Å². The molecule has 98 valence electrons. The predicted octanol–water partition coefficient (Wildman–Crippen LogP) is 2.61. The number of carbonyl (C=O) groups excluding carboxylic acids is 1. The van der Waals surface area contributed by atoms with E-state index in [1.165, 1.54) is 12.1 Å². The summed E-state index contributed by atoms with van der Waals surface area (Å²) in [6, 6.07) is 7.33. The molecular weight excluding hydrogens is 274 g/mol. The first kappa shape index (κ1) is 13.4. The van der Waals surface area contributed by atoms with Gasteiger partial charge in [-0.2, -0.15) is 0 Å². The molecule has 0 aliphatic rings. The van der Waals surface area contributed by atoms with Crippen molar-refractivity contribution in [3.8, 4) is 0 Å². The number of halogens is 2. The molecule has 0 amide bonds. The van der Waals surface area contributed by atoms with Gasteiger partial charge in [-0.15, -0.1) is 0 Å². The maximum Gasteiger partial charge on any atom is 0.210 e. The summed E-state index contributed by atoms with van der Waals surface area (Å²) in [5.74, 6) is -1.63. The molecule has 0 atom stereocenters. The van der Waals surface area contributed by atoms with Crippen molar-refractivity contribution in [1.29, 1.82) is 0 Å². The van der Waals surface area contributed by atoms with Crippen molar-refractivity contribution in [2.75, 3.05) is 0 Å². The van der Waals surface area contributed by atoms with Crippen LogP contribution in [0.4, 0.5) is 8.78 Å². The number of hydrogen-bond donors (Lipinski definition) is 0. The molecule has 0 heterocycles. The zero-order valence-corrected chi connectivity index (χ0v) is 10.3. The Morgan fingerprint density at radius 2 is 1.58 bits per heavy atom. The molecule has 0 N–H and O–H groups in total. The fraction of sp³-hybridized carbons (Fsp3) is 0. The standard InChI is InChI=1S/C13H8F2O3S/c14-10-4-6-11(7-5-10)19(17,18)13-9(8-16)2-1-3-12(13)15/h1-8H. The molecule has 2 rings (SSSR count). The average Bonchev–Trinajstić information content (AvgIpc) is 2.38. The van der Waals surface area contributed by atoms with E-state index >= 15 is 0 Å². The zero-order valence-electron chi connectivity index (χ0n) is 9.51. The normalized spacial score (nSPS) is 11.3. The molecular formula is C13H8F2O3S. The molecule has 0 aliphatic heterocycles. The van der Waals surface area contributed by atoms with Crippen molar-refractivity contribution in [2.24, 2.45) is 0 Å². The minimum atomic E-state index is -4.20.